The highest BCUT2D eigenvalue weighted by atomic mass is 79.9. The van der Waals surface area contributed by atoms with E-state index in [1.54, 1.807) is 13.8 Å². The summed E-state index contributed by atoms with van der Waals surface area (Å²) in [6.45, 7) is 3.69. The molecule has 1 aromatic rings. The molecule has 0 amide bonds. The first-order chi connectivity index (χ1) is 6.56. The van der Waals surface area contributed by atoms with Crippen LogP contribution in [0.4, 0.5) is 0 Å². The third-order valence-corrected chi connectivity index (χ3v) is 2.59. The van der Waals surface area contributed by atoms with E-state index < -0.39 is 5.97 Å². The van der Waals surface area contributed by atoms with Gasteiger partial charge in [-0.3, -0.25) is 14.7 Å². The van der Waals surface area contributed by atoms with Gasteiger partial charge in [0.15, 0.2) is 0 Å². The van der Waals surface area contributed by atoms with Crippen LogP contribution in [0.1, 0.15) is 12.6 Å². The molecule has 0 saturated heterocycles. The van der Waals surface area contributed by atoms with Gasteiger partial charge >= 0.3 is 5.97 Å². The highest BCUT2D eigenvalue weighted by Crippen LogP contribution is 2.06. The lowest BCUT2D eigenvalue weighted by Crippen LogP contribution is -2.23. The molecule has 1 heterocycles. The van der Waals surface area contributed by atoms with Crippen LogP contribution in [0.3, 0.4) is 0 Å². The summed E-state index contributed by atoms with van der Waals surface area (Å²) in [5, 5.41) is 2.76. The van der Waals surface area contributed by atoms with E-state index in [1.807, 2.05) is 0 Å². The number of halogens is 1. The fraction of sp³-hybridized carbons (Fsp3) is 0.500. The molecule has 0 saturated carbocycles. The second kappa shape index (κ2) is 4.45. The van der Waals surface area contributed by atoms with Crippen molar-refractivity contribution < 1.29 is 9.53 Å². The standard InChI is InChI=1S/C8H11BrN2O3/c1-3-14-6(12)4-11-8(13)7(9)5(2)10-11/h10H,3-4H2,1-2H3. The zero-order valence-electron chi connectivity index (χ0n) is 7.96. The molecular weight excluding hydrogens is 252 g/mol. The molecule has 6 heteroatoms. The first kappa shape index (κ1) is 11.0. The number of carbonyl (C=O) groups excluding carboxylic acids is 1. The summed E-state index contributed by atoms with van der Waals surface area (Å²) in [4.78, 5) is 22.5. The van der Waals surface area contributed by atoms with Crippen molar-refractivity contribution in [3.8, 4) is 0 Å². The third kappa shape index (κ3) is 2.25. The van der Waals surface area contributed by atoms with Crippen LogP contribution in [0.5, 0.6) is 0 Å². The zero-order valence-corrected chi connectivity index (χ0v) is 9.55. The molecular formula is C8H11BrN2O3. The van der Waals surface area contributed by atoms with Crippen molar-refractivity contribution in [3.63, 3.8) is 0 Å². The first-order valence-electron chi connectivity index (χ1n) is 4.16. The number of rotatable bonds is 3. The van der Waals surface area contributed by atoms with E-state index in [0.29, 0.717) is 16.8 Å². The lowest BCUT2D eigenvalue weighted by atomic mass is 10.5. The van der Waals surface area contributed by atoms with Gasteiger partial charge in [-0.05, 0) is 29.8 Å². The van der Waals surface area contributed by atoms with Crippen molar-refractivity contribution >= 4 is 21.9 Å². The van der Waals surface area contributed by atoms with Gasteiger partial charge in [0.1, 0.15) is 11.0 Å². The summed E-state index contributed by atoms with van der Waals surface area (Å²) in [5.41, 5.74) is 0.440. The number of H-pyrrole nitrogens is 1. The number of hydrogen-bond donors (Lipinski definition) is 1. The topological polar surface area (TPSA) is 64.1 Å². The number of aryl methyl sites for hydroxylation is 1. The molecule has 1 aromatic heterocycles. The van der Waals surface area contributed by atoms with E-state index in [4.69, 9.17) is 4.74 Å². The van der Waals surface area contributed by atoms with Gasteiger partial charge in [0.05, 0.1) is 6.61 Å². The maximum absolute atomic E-state index is 11.4. The maximum atomic E-state index is 11.4. The molecule has 5 nitrogen and oxygen atoms in total. The Morgan fingerprint density at radius 2 is 2.29 bits per heavy atom. The molecule has 0 aliphatic heterocycles. The SMILES string of the molecule is CCOC(=O)Cn1[nH]c(C)c(Br)c1=O. The molecule has 0 aliphatic carbocycles. The van der Waals surface area contributed by atoms with Crippen molar-refractivity contribution in [1.29, 1.82) is 0 Å². The summed E-state index contributed by atoms with van der Waals surface area (Å²) in [6, 6.07) is 0. The molecule has 0 spiro atoms. The van der Waals surface area contributed by atoms with Gasteiger partial charge in [-0.25, -0.2) is 4.68 Å². The van der Waals surface area contributed by atoms with E-state index in [2.05, 4.69) is 21.0 Å². The minimum atomic E-state index is -0.427. The fourth-order valence-electron chi connectivity index (χ4n) is 1.03. The molecule has 0 fully saturated rings. The van der Waals surface area contributed by atoms with Gasteiger partial charge in [0, 0.05) is 5.69 Å². The van der Waals surface area contributed by atoms with E-state index in [1.165, 1.54) is 4.68 Å². The molecule has 0 bridgehead atoms. The molecule has 0 aliphatic rings. The van der Waals surface area contributed by atoms with Gasteiger partial charge < -0.3 is 4.74 Å². The Labute approximate surface area is 89.2 Å². The van der Waals surface area contributed by atoms with Gasteiger partial charge in [0.25, 0.3) is 5.56 Å². The van der Waals surface area contributed by atoms with Crippen LogP contribution in [0.15, 0.2) is 9.27 Å². The van der Waals surface area contributed by atoms with Crippen LogP contribution in [-0.2, 0) is 16.1 Å². The van der Waals surface area contributed by atoms with Gasteiger partial charge in [-0.2, -0.15) is 0 Å². The Morgan fingerprint density at radius 1 is 1.64 bits per heavy atom. The number of aromatic amines is 1. The van der Waals surface area contributed by atoms with Crippen molar-refractivity contribution in [2.75, 3.05) is 6.61 Å². The van der Waals surface area contributed by atoms with Gasteiger partial charge in [0.2, 0.25) is 0 Å². The zero-order chi connectivity index (χ0) is 10.7. The number of nitrogens with zero attached hydrogens (tertiary/aromatic N) is 1. The van der Waals surface area contributed by atoms with Gasteiger partial charge in [-0.1, -0.05) is 0 Å². The molecule has 0 unspecified atom stereocenters. The smallest absolute Gasteiger partial charge is 0.327 e. The molecule has 0 aromatic carbocycles. The average molecular weight is 263 g/mol. The van der Waals surface area contributed by atoms with E-state index in [9.17, 15) is 9.59 Å². The van der Waals surface area contributed by atoms with E-state index in [0.717, 1.165) is 0 Å². The summed E-state index contributed by atoms with van der Waals surface area (Å²) < 4.78 is 6.37. The largest absolute Gasteiger partial charge is 0.465 e. The average Bonchev–Trinajstić information content (AvgIpc) is 2.34. The second-order valence-electron chi connectivity index (χ2n) is 2.75. The number of aromatic nitrogens is 2. The van der Waals surface area contributed by atoms with Crippen LogP contribution >= 0.6 is 15.9 Å². The molecule has 14 heavy (non-hydrogen) atoms. The van der Waals surface area contributed by atoms with Gasteiger partial charge in [-0.15, -0.1) is 0 Å². The van der Waals surface area contributed by atoms with Crippen molar-refractivity contribution in [3.05, 3.63) is 20.5 Å². The Morgan fingerprint density at radius 3 is 2.71 bits per heavy atom. The molecule has 0 radical (unpaired) electrons. The summed E-state index contributed by atoms with van der Waals surface area (Å²) in [6.07, 6.45) is 0. The molecule has 78 valence electrons. The maximum Gasteiger partial charge on any atom is 0.327 e. The predicted octanol–water partition coefficient (Wildman–Crippen LogP) is 0.810. The fourth-order valence-corrected chi connectivity index (χ4v) is 1.33. The number of carbonyl (C=O) groups is 1. The normalized spacial score (nSPS) is 10.2. The lowest BCUT2D eigenvalue weighted by molar-refractivity contribution is -0.144. The Kier molecular flexibility index (Phi) is 3.51. The summed E-state index contributed by atoms with van der Waals surface area (Å²) >= 11 is 3.11. The van der Waals surface area contributed by atoms with E-state index >= 15 is 0 Å². The van der Waals surface area contributed by atoms with Crippen LogP contribution in [0.25, 0.3) is 0 Å². The third-order valence-electron chi connectivity index (χ3n) is 1.66. The number of esters is 1. The second-order valence-corrected chi connectivity index (χ2v) is 3.54. The first-order valence-corrected chi connectivity index (χ1v) is 4.96. The molecule has 1 rings (SSSR count). The summed E-state index contributed by atoms with van der Waals surface area (Å²) in [5.74, 6) is -0.427. The van der Waals surface area contributed by atoms with Crippen molar-refractivity contribution in [2.24, 2.45) is 0 Å². The minimum Gasteiger partial charge on any atom is -0.465 e. The van der Waals surface area contributed by atoms with Crippen LogP contribution in [-0.4, -0.2) is 22.4 Å². The molecule has 0 atom stereocenters. The predicted molar refractivity (Wildman–Crippen MR) is 54.1 cm³/mol. The number of ether oxygens (including phenoxy) is 1. The highest BCUT2D eigenvalue weighted by molar-refractivity contribution is 9.10. The van der Waals surface area contributed by atoms with Crippen LogP contribution in [0, 0.1) is 6.92 Å². The van der Waals surface area contributed by atoms with E-state index in [-0.39, 0.29) is 12.1 Å². The minimum absolute atomic E-state index is 0.0842. The number of nitrogens with one attached hydrogen (secondary N) is 1. The Bertz CT molecular complexity index is 394. The van der Waals surface area contributed by atoms with Crippen molar-refractivity contribution in [2.45, 2.75) is 20.4 Å². The monoisotopic (exact) mass is 262 g/mol. The summed E-state index contributed by atoms with van der Waals surface area (Å²) in [7, 11) is 0. The highest BCUT2D eigenvalue weighted by Gasteiger charge is 2.11. The number of hydrogen-bond acceptors (Lipinski definition) is 3. The lowest BCUT2D eigenvalue weighted by Gasteiger charge is -2.01. The molecule has 1 N–H and O–H groups in total. The van der Waals surface area contributed by atoms with Crippen LogP contribution < -0.4 is 5.56 Å². The van der Waals surface area contributed by atoms with Crippen LogP contribution in [0.2, 0.25) is 0 Å². The van der Waals surface area contributed by atoms with Crippen molar-refractivity contribution in [1.82, 2.24) is 9.78 Å². The quantitative estimate of drug-likeness (QED) is 0.821. The Balaban J connectivity index is 2.83. The Hall–Kier alpha value is -1.04.